The zero-order valence-electron chi connectivity index (χ0n) is 15.4. The lowest BCUT2D eigenvalue weighted by Crippen LogP contribution is -2.41. The average molecular weight is 328 g/mol. The van der Waals surface area contributed by atoms with Gasteiger partial charge in [-0.05, 0) is 40.5 Å². The number of aliphatic hydroxyl groups is 2. The van der Waals surface area contributed by atoms with Crippen LogP contribution in [0.15, 0.2) is 0 Å². The topological polar surface area (TPSA) is 74.6 Å². The highest BCUT2D eigenvalue weighted by Gasteiger charge is 2.40. The molecule has 0 radical (unpaired) electrons. The van der Waals surface area contributed by atoms with E-state index in [1.54, 1.807) is 6.92 Å². The molecule has 0 aromatic carbocycles. The molecule has 0 bridgehead atoms. The van der Waals surface area contributed by atoms with E-state index in [1.807, 2.05) is 6.92 Å². The predicted molar refractivity (Wildman–Crippen MR) is 93.3 cm³/mol. The number of rotatable bonds is 14. The summed E-state index contributed by atoms with van der Waals surface area (Å²) in [6.07, 6.45) is 9.07. The first-order valence-corrected chi connectivity index (χ1v) is 9.06. The summed E-state index contributed by atoms with van der Waals surface area (Å²) in [5, 5.41) is 18.7. The maximum absolute atomic E-state index is 11.9. The fraction of sp³-hybridized carbons (Fsp3) is 0.895. The molecule has 0 aliphatic carbocycles. The average Bonchev–Trinajstić information content (AvgIpc) is 2.47. The van der Waals surface area contributed by atoms with Crippen LogP contribution in [0.3, 0.4) is 0 Å². The molecule has 3 atom stereocenters. The molecule has 0 heterocycles. The molecule has 0 aliphatic heterocycles. The first kappa shape index (κ1) is 22.3. The molecule has 0 spiro atoms. The maximum atomic E-state index is 11.9. The number of hydrogen-bond donors (Lipinski definition) is 2. The fourth-order valence-corrected chi connectivity index (χ4v) is 3.11. The number of carbonyl (C=O) groups excluding carboxylic acids is 2. The van der Waals surface area contributed by atoms with Crippen molar-refractivity contribution in [3.05, 3.63) is 0 Å². The summed E-state index contributed by atoms with van der Waals surface area (Å²) < 4.78 is 0. The van der Waals surface area contributed by atoms with E-state index in [1.165, 1.54) is 26.7 Å². The summed E-state index contributed by atoms with van der Waals surface area (Å²) in [4.78, 5) is 23.7. The number of ketones is 2. The van der Waals surface area contributed by atoms with E-state index in [4.69, 9.17) is 0 Å². The Balaban J connectivity index is 3.99. The zero-order valence-corrected chi connectivity index (χ0v) is 15.4. The summed E-state index contributed by atoms with van der Waals surface area (Å²) in [6.45, 7) is 6.23. The number of Topliss-reactive ketones (excluding diaryl/α,β-unsaturated/α-hetero) is 2. The van der Waals surface area contributed by atoms with Gasteiger partial charge in [0.1, 0.15) is 11.6 Å². The van der Waals surface area contributed by atoms with Crippen LogP contribution in [0.2, 0.25) is 0 Å². The second-order valence-corrected chi connectivity index (χ2v) is 7.20. The minimum Gasteiger partial charge on any atom is -0.395 e. The van der Waals surface area contributed by atoms with Crippen molar-refractivity contribution in [3.8, 4) is 0 Å². The molecule has 23 heavy (non-hydrogen) atoms. The van der Waals surface area contributed by atoms with Crippen LogP contribution in [-0.2, 0) is 9.59 Å². The molecule has 136 valence electrons. The van der Waals surface area contributed by atoms with Gasteiger partial charge in [0.25, 0.3) is 0 Å². The van der Waals surface area contributed by atoms with E-state index in [0.717, 1.165) is 38.5 Å². The molecule has 0 saturated carbocycles. The van der Waals surface area contributed by atoms with Gasteiger partial charge in [-0.1, -0.05) is 44.9 Å². The first-order valence-electron chi connectivity index (χ1n) is 9.06. The van der Waals surface area contributed by atoms with Gasteiger partial charge >= 0.3 is 0 Å². The van der Waals surface area contributed by atoms with Crippen LogP contribution in [0.4, 0.5) is 0 Å². The summed E-state index contributed by atoms with van der Waals surface area (Å²) >= 11 is 0. The van der Waals surface area contributed by atoms with Gasteiger partial charge < -0.3 is 10.2 Å². The van der Waals surface area contributed by atoms with Crippen molar-refractivity contribution in [1.82, 2.24) is 0 Å². The minimum absolute atomic E-state index is 0.00475. The Hall–Kier alpha value is -0.740. The van der Waals surface area contributed by atoms with Crippen molar-refractivity contribution >= 4 is 11.6 Å². The minimum atomic E-state index is -0.938. The lowest BCUT2D eigenvalue weighted by molar-refractivity contribution is -0.139. The van der Waals surface area contributed by atoms with Crippen LogP contribution >= 0.6 is 0 Å². The Kier molecular flexibility index (Phi) is 11.4. The third-order valence-electron chi connectivity index (χ3n) is 5.01. The van der Waals surface area contributed by atoms with Gasteiger partial charge in [-0.25, -0.2) is 0 Å². The van der Waals surface area contributed by atoms with Gasteiger partial charge in [0.2, 0.25) is 0 Å². The van der Waals surface area contributed by atoms with Gasteiger partial charge in [0.15, 0.2) is 0 Å². The van der Waals surface area contributed by atoms with Gasteiger partial charge in [0.05, 0.1) is 18.1 Å². The second-order valence-electron chi connectivity index (χ2n) is 7.20. The Morgan fingerprint density at radius 2 is 1.35 bits per heavy atom. The van der Waals surface area contributed by atoms with Crippen molar-refractivity contribution < 1.29 is 19.8 Å². The molecule has 0 saturated heterocycles. The van der Waals surface area contributed by atoms with Crippen LogP contribution in [0, 0.1) is 11.3 Å². The van der Waals surface area contributed by atoms with Crippen LogP contribution in [0.1, 0.15) is 85.5 Å². The Labute approximate surface area is 141 Å². The molecule has 0 aromatic heterocycles. The summed E-state index contributed by atoms with van der Waals surface area (Å²) in [5.41, 5.74) is -0.938. The van der Waals surface area contributed by atoms with Crippen molar-refractivity contribution in [2.75, 3.05) is 6.61 Å². The van der Waals surface area contributed by atoms with Crippen LogP contribution in [0.25, 0.3) is 0 Å². The predicted octanol–water partition coefficient (Wildman–Crippen LogP) is 3.67. The maximum Gasteiger partial charge on any atom is 0.138 e. The molecule has 0 aromatic rings. The third-order valence-corrected chi connectivity index (χ3v) is 5.01. The SMILES string of the molecule is CC(=O)C(CCCCCCCCCC(C)O)C(C)(CO)C(C)=O. The summed E-state index contributed by atoms with van der Waals surface area (Å²) in [7, 11) is 0. The van der Waals surface area contributed by atoms with Gasteiger partial charge in [-0.3, -0.25) is 9.59 Å². The lowest BCUT2D eigenvalue weighted by atomic mass is 9.70. The highest BCUT2D eigenvalue weighted by atomic mass is 16.3. The zero-order chi connectivity index (χ0) is 17.9. The molecule has 0 aliphatic rings. The molecule has 2 N–H and O–H groups in total. The number of aliphatic hydroxyl groups excluding tert-OH is 2. The van der Waals surface area contributed by atoms with Gasteiger partial charge in [-0.15, -0.1) is 0 Å². The Bertz CT molecular complexity index is 351. The van der Waals surface area contributed by atoms with Gasteiger partial charge in [-0.2, -0.15) is 0 Å². The molecule has 0 fully saturated rings. The number of hydrogen-bond acceptors (Lipinski definition) is 4. The van der Waals surface area contributed by atoms with Gasteiger partial charge in [0, 0.05) is 5.92 Å². The van der Waals surface area contributed by atoms with Crippen molar-refractivity contribution in [2.24, 2.45) is 11.3 Å². The molecular weight excluding hydrogens is 292 g/mol. The van der Waals surface area contributed by atoms with E-state index in [9.17, 15) is 19.8 Å². The van der Waals surface area contributed by atoms with E-state index in [2.05, 4.69) is 0 Å². The third kappa shape index (κ3) is 8.61. The normalized spacial score (nSPS) is 16.6. The molecule has 0 amide bonds. The van der Waals surface area contributed by atoms with E-state index < -0.39 is 5.41 Å². The van der Waals surface area contributed by atoms with Crippen LogP contribution < -0.4 is 0 Å². The van der Waals surface area contributed by atoms with E-state index >= 15 is 0 Å². The van der Waals surface area contributed by atoms with Crippen molar-refractivity contribution in [2.45, 2.75) is 91.6 Å². The van der Waals surface area contributed by atoms with Crippen LogP contribution in [0.5, 0.6) is 0 Å². The quantitative estimate of drug-likeness (QED) is 0.477. The molecule has 4 heteroatoms. The number of unbranched alkanes of at least 4 members (excludes halogenated alkanes) is 6. The standard InChI is InChI=1S/C19H36O4/c1-15(21)12-10-8-6-5-7-9-11-13-18(16(2)22)19(4,14-20)17(3)23/h15,18,20-21H,5-14H2,1-4H3. The molecule has 4 nitrogen and oxygen atoms in total. The fourth-order valence-electron chi connectivity index (χ4n) is 3.11. The van der Waals surface area contributed by atoms with E-state index in [-0.39, 0.29) is 30.2 Å². The highest BCUT2D eigenvalue weighted by Crippen LogP contribution is 2.33. The highest BCUT2D eigenvalue weighted by molar-refractivity contribution is 5.90. The van der Waals surface area contributed by atoms with Crippen LogP contribution in [-0.4, -0.2) is 34.5 Å². The smallest absolute Gasteiger partial charge is 0.138 e. The Morgan fingerprint density at radius 3 is 1.70 bits per heavy atom. The monoisotopic (exact) mass is 328 g/mol. The molecule has 3 unspecified atom stereocenters. The van der Waals surface area contributed by atoms with E-state index in [0.29, 0.717) is 6.42 Å². The first-order chi connectivity index (χ1) is 10.8. The Morgan fingerprint density at radius 1 is 0.913 bits per heavy atom. The van der Waals surface area contributed by atoms with Crippen molar-refractivity contribution in [1.29, 1.82) is 0 Å². The lowest BCUT2D eigenvalue weighted by Gasteiger charge is -2.32. The molecule has 0 rings (SSSR count). The largest absolute Gasteiger partial charge is 0.395 e. The summed E-state index contributed by atoms with van der Waals surface area (Å²) in [5.74, 6) is -0.496. The second kappa shape index (κ2) is 11.7. The summed E-state index contributed by atoms with van der Waals surface area (Å²) in [6, 6.07) is 0. The number of carbonyl (C=O) groups is 2. The van der Waals surface area contributed by atoms with Crippen molar-refractivity contribution in [3.63, 3.8) is 0 Å². The molecular formula is C19H36O4.